The molecule has 3 rings (SSSR count). The van der Waals surface area contributed by atoms with Crippen LogP contribution in [0.1, 0.15) is 12.5 Å². The second kappa shape index (κ2) is 6.97. The van der Waals surface area contributed by atoms with Gasteiger partial charge in [-0.05, 0) is 36.8 Å². The number of para-hydroxylation sites is 1. The van der Waals surface area contributed by atoms with E-state index in [1.807, 2.05) is 0 Å². The van der Waals surface area contributed by atoms with Crippen LogP contribution in [0.5, 0.6) is 0 Å². The Morgan fingerprint density at radius 1 is 1.12 bits per heavy atom. The van der Waals surface area contributed by atoms with E-state index in [0.29, 0.717) is 21.3 Å². The molecule has 1 fully saturated rings. The second-order valence-corrected chi connectivity index (χ2v) is 6.83. The number of nitrogens with zero attached hydrogens (tertiary/aromatic N) is 1. The molecule has 1 saturated heterocycles. The van der Waals surface area contributed by atoms with Crippen LogP contribution in [0.25, 0.3) is 0 Å². The highest BCUT2D eigenvalue weighted by Crippen LogP contribution is 2.29. The van der Waals surface area contributed by atoms with Crippen LogP contribution in [0.15, 0.2) is 48.5 Å². The first-order valence-electron chi connectivity index (χ1n) is 7.76. The van der Waals surface area contributed by atoms with Crippen LogP contribution in [0, 0.1) is 0 Å². The van der Waals surface area contributed by atoms with Crippen LogP contribution in [0.2, 0.25) is 10.0 Å². The van der Waals surface area contributed by atoms with Crippen molar-refractivity contribution in [2.75, 3.05) is 11.9 Å². The normalized spacial score (nSPS) is 19.4. The highest BCUT2D eigenvalue weighted by Gasteiger charge is 2.49. The first-order valence-corrected chi connectivity index (χ1v) is 8.51. The molecule has 26 heavy (non-hydrogen) atoms. The SMILES string of the molecule is C[C@]1(c2ccc(Cl)cc2)NC(=O)N(CC(=O)Nc2ccccc2Cl)C1=O. The Hall–Kier alpha value is -2.57. The minimum Gasteiger partial charge on any atom is -0.323 e. The van der Waals surface area contributed by atoms with Crippen molar-refractivity contribution < 1.29 is 14.4 Å². The number of nitrogens with one attached hydrogen (secondary N) is 2. The lowest BCUT2D eigenvalue weighted by molar-refractivity contribution is -0.133. The number of rotatable bonds is 4. The van der Waals surface area contributed by atoms with Gasteiger partial charge in [0.1, 0.15) is 12.1 Å². The first kappa shape index (κ1) is 18.2. The summed E-state index contributed by atoms with van der Waals surface area (Å²) >= 11 is 11.9. The Morgan fingerprint density at radius 2 is 1.77 bits per heavy atom. The topological polar surface area (TPSA) is 78.5 Å². The highest BCUT2D eigenvalue weighted by atomic mass is 35.5. The molecule has 0 spiro atoms. The predicted octanol–water partition coefficient (Wildman–Crippen LogP) is 3.40. The first-order chi connectivity index (χ1) is 12.3. The third kappa shape index (κ3) is 3.38. The summed E-state index contributed by atoms with van der Waals surface area (Å²) in [6.45, 7) is 1.17. The summed E-state index contributed by atoms with van der Waals surface area (Å²) in [5.74, 6) is -1.04. The number of carbonyl (C=O) groups is 3. The van der Waals surface area contributed by atoms with E-state index in [0.717, 1.165) is 4.90 Å². The summed E-state index contributed by atoms with van der Waals surface area (Å²) in [5.41, 5.74) is -0.271. The van der Waals surface area contributed by atoms with Crippen LogP contribution in [0.4, 0.5) is 10.5 Å². The van der Waals surface area contributed by atoms with Crippen LogP contribution < -0.4 is 10.6 Å². The van der Waals surface area contributed by atoms with Gasteiger partial charge in [0.15, 0.2) is 0 Å². The molecular formula is C18H15Cl2N3O3. The van der Waals surface area contributed by atoms with Crippen LogP contribution in [-0.2, 0) is 15.1 Å². The van der Waals surface area contributed by atoms with E-state index in [9.17, 15) is 14.4 Å². The van der Waals surface area contributed by atoms with Crippen LogP contribution in [0.3, 0.4) is 0 Å². The Bertz CT molecular complexity index is 886. The number of hydrogen-bond donors (Lipinski definition) is 2. The number of anilines is 1. The van der Waals surface area contributed by atoms with Crippen molar-refractivity contribution in [3.63, 3.8) is 0 Å². The Labute approximate surface area is 160 Å². The average molecular weight is 392 g/mol. The fraction of sp³-hybridized carbons (Fsp3) is 0.167. The zero-order valence-corrected chi connectivity index (χ0v) is 15.3. The van der Waals surface area contributed by atoms with Gasteiger partial charge in [0.2, 0.25) is 5.91 Å². The highest BCUT2D eigenvalue weighted by molar-refractivity contribution is 6.33. The van der Waals surface area contributed by atoms with Crippen molar-refractivity contribution >= 4 is 46.7 Å². The third-order valence-corrected chi connectivity index (χ3v) is 4.73. The molecule has 0 bridgehead atoms. The number of carbonyl (C=O) groups excluding carboxylic acids is 3. The van der Waals surface area contributed by atoms with Crippen molar-refractivity contribution in [3.05, 3.63) is 64.1 Å². The third-order valence-electron chi connectivity index (χ3n) is 4.15. The Kier molecular flexibility index (Phi) is 4.89. The molecule has 6 nitrogen and oxygen atoms in total. The second-order valence-electron chi connectivity index (χ2n) is 5.98. The van der Waals surface area contributed by atoms with E-state index in [4.69, 9.17) is 23.2 Å². The monoisotopic (exact) mass is 391 g/mol. The molecule has 134 valence electrons. The van der Waals surface area contributed by atoms with Crippen molar-refractivity contribution in [2.24, 2.45) is 0 Å². The van der Waals surface area contributed by atoms with Gasteiger partial charge in [-0.3, -0.25) is 14.5 Å². The smallest absolute Gasteiger partial charge is 0.323 e. The summed E-state index contributed by atoms with van der Waals surface area (Å²) in [4.78, 5) is 38.2. The Morgan fingerprint density at radius 3 is 2.42 bits per heavy atom. The van der Waals surface area contributed by atoms with Gasteiger partial charge in [-0.1, -0.05) is 47.5 Å². The van der Waals surface area contributed by atoms with E-state index in [1.165, 1.54) is 0 Å². The molecule has 2 aromatic carbocycles. The molecule has 0 aliphatic carbocycles. The maximum atomic E-state index is 12.8. The molecule has 2 aromatic rings. The maximum absolute atomic E-state index is 12.8. The van der Waals surface area contributed by atoms with Crippen LogP contribution >= 0.6 is 23.2 Å². The lowest BCUT2D eigenvalue weighted by Crippen LogP contribution is -2.42. The van der Waals surface area contributed by atoms with E-state index in [2.05, 4.69) is 10.6 Å². The molecule has 1 heterocycles. The molecule has 0 saturated carbocycles. The number of hydrogen-bond acceptors (Lipinski definition) is 3. The summed E-state index contributed by atoms with van der Waals surface area (Å²) < 4.78 is 0. The number of benzene rings is 2. The van der Waals surface area contributed by atoms with Gasteiger partial charge < -0.3 is 10.6 Å². The summed E-state index contributed by atoms with van der Waals surface area (Å²) in [7, 11) is 0. The number of halogens is 2. The molecule has 4 amide bonds. The van der Waals surface area contributed by atoms with Gasteiger partial charge in [0, 0.05) is 5.02 Å². The summed E-state index contributed by atoms with van der Waals surface area (Å²) in [5, 5.41) is 6.11. The van der Waals surface area contributed by atoms with Crippen molar-refractivity contribution in [1.82, 2.24) is 10.2 Å². The molecule has 1 aliphatic heterocycles. The van der Waals surface area contributed by atoms with Crippen molar-refractivity contribution in [2.45, 2.75) is 12.5 Å². The minimum absolute atomic E-state index is 0.365. The largest absolute Gasteiger partial charge is 0.325 e. The van der Waals surface area contributed by atoms with E-state index in [-0.39, 0.29) is 0 Å². The van der Waals surface area contributed by atoms with Gasteiger partial charge in [-0.2, -0.15) is 0 Å². The number of urea groups is 1. The molecule has 8 heteroatoms. The fourth-order valence-electron chi connectivity index (χ4n) is 2.72. The summed E-state index contributed by atoms with van der Waals surface area (Å²) in [6.07, 6.45) is 0. The molecule has 0 radical (unpaired) electrons. The van der Waals surface area contributed by atoms with Crippen LogP contribution in [-0.4, -0.2) is 29.3 Å². The van der Waals surface area contributed by atoms with Crippen molar-refractivity contribution in [1.29, 1.82) is 0 Å². The number of imide groups is 1. The molecule has 1 atom stereocenters. The van der Waals surface area contributed by atoms with Gasteiger partial charge in [-0.15, -0.1) is 0 Å². The lowest BCUT2D eigenvalue weighted by atomic mass is 9.92. The molecular weight excluding hydrogens is 377 g/mol. The lowest BCUT2D eigenvalue weighted by Gasteiger charge is -2.22. The van der Waals surface area contributed by atoms with E-state index < -0.39 is 29.9 Å². The van der Waals surface area contributed by atoms with Gasteiger partial charge in [0.25, 0.3) is 5.91 Å². The Balaban J connectivity index is 1.76. The average Bonchev–Trinajstić information content (AvgIpc) is 2.82. The zero-order valence-electron chi connectivity index (χ0n) is 13.8. The molecule has 0 aromatic heterocycles. The molecule has 2 N–H and O–H groups in total. The maximum Gasteiger partial charge on any atom is 0.325 e. The minimum atomic E-state index is -1.26. The molecule has 1 aliphatic rings. The van der Waals surface area contributed by atoms with Gasteiger partial charge in [-0.25, -0.2) is 4.79 Å². The van der Waals surface area contributed by atoms with Gasteiger partial charge >= 0.3 is 6.03 Å². The standard InChI is InChI=1S/C18H15Cl2N3O3/c1-18(11-6-8-12(19)9-7-11)16(25)23(17(26)22-18)10-15(24)21-14-5-3-2-4-13(14)20/h2-9H,10H2,1H3,(H,21,24)(H,22,26)/t18-/m1/s1. The predicted molar refractivity (Wildman–Crippen MR) is 99.1 cm³/mol. The summed E-state index contributed by atoms with van der Waals surface area (Å²) in [6, 6.07) is 12.7. The number of amides is 4. The zero-order chi connectivity index (χ0) is 18.9. The van der Waals surface area contributed by atoms with E-state index >= 15 is 0 Å². The fourth-order valence-corrected chi connectivity index (χ4v) is 3.02. The van der Waals surface area contributed by atoms with Gasteiger partial charge in [0.05, 0.1) is 10.7 Å². The van der Waals surface area contributed by atoms with E-state index in [1.54, 1.807) is 55.5 Å². The van der Waals surface area contributed by atoms with Crippen molar-refractivity contribution in [3.8, 4) is 0 Å². The molecule has 0 unspecified atom stereocenters. The quantitative estimate of drug-likeness (QED) is 0.783.